The number of hydrogen-bond acceptors (Lipinski definition) is 2. The molecular formula is C23H21NO2. The number of ketones is 1. The second-order valence-electron chi connectivity index (χ2n) is 6.10. The van der Waals surface area contributed by atoms with Crippen molar-refractivity contribution in [1.82, 2.24) is 0 Å². The van der Waals surface area contributed by atoms with E-state index in [-0.39, 0.29) is 11.7 Å². The van der Waals surface area contributed by atoms with E-state index in [0.29, 0.717) is 17.7 Å². The van der Waals surface area contributed by atoms with Crippen LogP contribution >= 0.6 is 0 Å². The van der Waals surface area contributed by atoms with Crippen LogP contribution in [0.15, 0.2) is 84.9 Å². The van der Waals surface area contributed by atoms with Crippen LogP contribution in [0.25, 0.3) is 0 Å². The zero-order valence-electron chi connectivity index (χ0n) is 14.7. The molecule has 0 radical (unpaired) electrons. The van der Waals surface area contributed by atoms with Crippen LogP contribution < -0.4 is 5.32 Å². The lowest BCUT2D eigenvalue weighted by Crippen LogP contribution is -2.22. The molecular weight excluding hydrogens is 322 g/mol. The lowest BCUT2D eigenvalue weighted by molar-refractivity contribution is -0.116. The maximum atomic E-state index is 13.1. The number of rotatable bonds is 6. The van der Waals surface area contributed by atoms with E-state index in [0.717, 1.165) is 11.1 Å². The molecule has 0 atom stereocenters. The van der Waals surface area contributed by atoms with Gasteiger partial charge in [0.2, 0.25) is 5.91 Å². The highest BCUT2D eigenvalue weighted by Crippen LogP contribution is 2.26. The third kappa shape index (κ3) is 4.06. The molecule has 1 amide bonds. The van der Waals surface area contributed by atoms with E-state index in [2.05, 4.69) is 5.32 Å². The molecule has 0 aliphatic rings. The normalized spacial score (nSPS) is 10.5. The fraction of sp³-hybridized carbons (Fsp3) is 0.130. The van der Waals surface area contributed by atoms with Crippen LogP contribution in [0, 0.1) is 0 Å². The highest BCUT2D eigenvalue weighted by Gasteiger charge is 2.22. The summed E-state index contributed by atoms with van der Waals surface area (Å²) >= 11 is 0. The molecule has 3 aromatic carbocycles. The SMILES string of the molecule is CCC(=O)c1cccc(NC(=O)C(c2ccccc2)c2ccccc2)c1. The number of Topliss-reactive ketones (excluding diaryl/α,β-unsaturated/α-hetero) is 1. The van der Waals surface area contributed by atoms with E-state index in [1.807, 2.05) is 67.6 Å². The fourth-order valence-electron chi connectivity index (χ4n) is 2.98. The van der Waals surface area contributed by atoms with Gasteiger partial charge in [-0.05, 0) is 23.3 Å². The minimum Gasteiger partial charge on any atom is -0.325 e. The molecule has 0 aliphatic heterocycles. The molecule has 0 saturated carbocycles. The average molecular weight is 343 g/mol. The average Bonchev–Trinajstić information content (AvgIpc) is 2.69. The smallest absolute Gasteiger partial charge is 0.236 e. The zero-order valence-corrected chi connectivity index (χ0v) is 14.7. The fourth-order valence-corrected chi connectivity index (χ4v) is 2.98. The monoisotopic (exact) mass is 343 g/mol. The molecule has 3 aromatic rings. The Morgan fingerprint density at radius 2 is 1.38 bits per heavy atom. The van der Waals surface area contributed by atoms with Gasteiger partial charge in [0.25, 0.3) is 0 Å². The first-order chi connectivity index (χ1) is 12.7. The first kappa shape index (κ1) is 17.6. The topological polar surface area (TPSA) is 46.2 Å². The van der Waals surface area contributed by atoms with Crippen LogP contribution in [0.1, 0.15) is 40.7 Å². The highest BCUT2D eigenvalue weighted by atomic mass is 16.2. The van der Waals surface area contributed by atoms with Crippen molar-refractivity contribution in [2.45, 2.75) is 19.3 Å². The molecule has 0 unspecified atom stereocenters. The van der Waals surface area contributed by atoms with Gasteiger partial charge in [-0.3, -0.25) is 9.59 Å². The van der Waals surface area contributed by atoms with Gasteiger partial charge in [-0.1, -0.05) is 79.7 Å². The van der Waals surface area contributed by atoms with E-state index < -0.39 is 5.92 Å². The molecule has 0 bridgehead atoms. The van der Waals surface area contributed by atoms with Crippen molar-refractivity contribution >= 4 is 17.4 Å². The Balaban J connectivity index is 1.91. The Morgan fingerprint density at radius 3 is 1.92 bits per heavy atom. The van der Waals surface area contributed by atoms with Crippen molar-refractivity contribution < 1.29 is 9.59 Å². The van der Waals surface area contributed by atoms with Gasteiger partial charge in [0.15, 0.2) is 5.78 Å². The summed E-state index contributed by atoms with van der Waals surface area (Å²) in [5.74, 6) is -0.477. The summed E-state index contributed by atoms with van der Waals surface area (Å²) in [6.45, 7) is 1.83. The Bertz CT molecular complexity index is 849. The third-order valence-electron chi connectivity index (χ3n) is 4.30. The Morgan fingerprint density at radius 1 is 0.808 bits per heavy atom. The number of amides is 1. The van der Waals surface area contributed by atoms with Gasteiger partial charge >= 0.3 is 0 Å². The summed E-state index contributed by atoms with van der Waals surface area (Å²) < 4.78 is 0. The molecule has 26 heavy (non-hydrogen) atoms. The molecule has 3 nitrogen and oxygen atoms in total. The Kier molecular flexibility index (Phi) is 5.59. The summed E-state index contributed by atoms with van der Waals surface area (Å²) in [5, 5.41) is 2.97. The van der Waals surface area contributed by atoms with Crippen LogP contribution in [-0.2, 0) is 4.79 Å². The summed E-state index contributed by atoms with van der Waals surface area (Å²) in [4.78, 5) is 25.0. The quantitative estimate of drug-likeness (QED) is 0.637. The number of carbonyl (C=O) groups is 2. The first-order valence-electron chi connectivity index (χ1n) is 8.73. The van der Waals surface area contributed by atoms with Crippen LogP contribution in [0.4, 0.5) is 5.69 Å². The standard InChI is InChI=1S/C23H21NO2/c1-2-21(25)19-14-9-15-20(16-19)24-23(26)22(17-10-5-3-6-11-17)18-12-7-4-8-13-18/h3-16,22H,2H2,1H3,(H,24,26). The molecule has 3 heteroatoms. The number of carbonyl (C=O) groups excluding carboxylic acids is 2. The number of hydrogen-bond donors (Lipinski definition) is 1. The molecule has 0 heterocycles. The minimum absolute atomic E-state index is 0.0590. The van der Waals surface area contributed by atoms with Gasteiger partial charge in [0.05, 0.1) is 5.92 Å². The van der Waals surface area contributed by atoms with Gasteiger partial charge in [-0.25, -0.2) is 0 Å². The van der Waals surface area contributed by atoms with Crippen LogP contribution in [0.2, 0.25) is 0 Å². The van der Waals surface area contributed by atoms with Gasteiger partial charge in [-0.2, -0.15) is 0 Å². The van der Waals surface area contributed by atoms with Gasteiger partial charge in [0.1, 0.15) is 0 Å². The van der Waals surface area contributed by atoms with E-state index in [1.54, 1.807) is 24.3 Å². The predicted octanol–water partition coefficient (Wildman–Crippen LogP) is 5.05. The Labute approximate surface area is 153 Å². The lowest BCUT2D eigenvalue weighted by atomic mass is 9.90. The molecule has 0 saturated heterocycles. The van der Waals surface area contributed by atoms with Crippen molar-refractivity contribution in [3.63, 3.8) is 0 Å². The molecule has 0 aliphatic carbocycles. The molecule has 0 aromatic heterocycles. The second-order valence-corrected chi connectivity index (χ2v) is 6.10. The highest BCUT2D eigenvalue weighted by molar-refractivity contribution is 6.00. The number of nitrogens with one attached hydrogen (secondary N) is 1. The van der Waals surface area contributed by atoms with Crippen molar-refractivity contribution in [2.24, 2.45) is 0 Å². The second kappa shape index (κ2) is 8.26. The number of benzene rings is 3. The lowest BCUT2D eigenvalue weighted by Gasteiger charge is -2.18. The molecule has 0 spiro atoms. The molecule has 3 rings (SSSR count). The predicted molar refractivity (Wildman–Crippen MR) is 104 cm³/mol. The van der Waals surface area contributed by atoms with E-state index in [9.17, 15) is 9.59 Å². The van der Waals surface area contributed by atoms with Gasteiger partial charge in [-0.15, -0.1) is 0 Å². The first-order valence-corrected chi connectivity index (χ1v) is 8.73. The summed E-state index contributed by atoms with van der Waals surface area (Å²) in [6, 6.07) is 26.5. The summed E-state index contributed by atoms with van der Waals surface area (Å²) in [7, 11) is 0. The van der Waals surface area contributed by atoms with E-state index >= 15 is 0 Å². The van der Waals surface area contributed by atoms with Crippen molar-refractivity contribution in [2.75, 3.05) is 5.32 Å². The van der Waals surface area contributed by atoms with Crippen molar-refractivity contribution in [1.29, 1.82) is 0 Å². The molecule has 0 fully saturated rings. The van der Waals surface area contributed by atoms with E-state index in [1.165, 1.54) is 0 Å². The van der Waals surface area contributed by atoms with Crippen molar-refractivity contribution in [3.05, 3.63) is 102 Å². The van der Waals surface area contributed by atoms with Crippen LogP contribution in [-0.4, -0.2) is 11.7 Å². The van der Waals surface area contributed by atoms with Gasteiger partial charge in [0, 0.05) is 17.7 Å². The molecule has 1 N–H and O–H groups in total. The third-order valence-corrected chi connectivity index (χ3v) is 4.30. The zero-order chi connectivity index (χ0) is 18.4. The summed E-state index contributed by atoms with van der Waals surface area (Å²) in [6.07, 6.45) is 0.439. The minimum atomic E-state index is -0.414. The molecule has 130 valence electrons. The maximum absolute atomic E-state index is 13.1. The van der Waals surface area contributed by atoms with Crippen molar-refractivity contribution in [3.8, 4) is 0 Å². The largest absolute Gasteiger partial charge is 0.325 e. The van der Waals surface area contributed by atoms with E-state index in [4.69, 9.17) is 0 Å². The summed E-state index contributed by atoms with van der Waals surface area (Å²) in [5.41, 5.74) is 3.10. The van der Waals surface area contributed by atoms with Crippen LogP contribution in [0.5, 0.6) is 0 Å². The van der Waals surface area contributed by atoms with Crippen LogP contribution in [0.3, 0.4) is 0 Å². The number of anilines is 1. The maximum Gasteiger partial charge on any atom is 0.236 e. The Hall–Kier alpha value is -3.20. The van der Waals surface area contributed by atoms with Gasteiger partial charge < -0.3 is 5.32 Å².